The largest absolute Gasteiger partial charge is 0.330 e. The molecule has 0 atom stereocenters. The summed E-state index contributed by atoms with van der Waals surface area (Å²) < 4.78 is 1.17. The van der Waals surface area contributed by atoms with E-state index in [9.17, 15) is 0 Å². The normalized spacial score (nSPS) is 12.8. The highest BCUT2D eigenvalue weighted by atomic mass is 79.9. The van der Waals surface area contributed by atoms with Gasteiger partial charge in [-0.05, 0) is 38.4 Å². The van der Waals surface area contributed by atoms with Gasteiger partial charge in [0, 0.05) is 22.0 Å². The molecular formula is C15H25BrN2. The van der Waals surface area contributed by atoms with Crippen molar-refractivity contribution in [3.8, 4) is 0 Å². The maximum absolute atomic E-state index is 5.64. The average molecular weight is 313 g/mol. The molecule has 1 aromatic carbocycles. The molecule has 3 heteroatoms. The first-order valence-corrected chi connectivity index (χ1v) is 7.28. The first kappa shape index (κ1) is 15.7. The van der Waals surface area contributed by atoms with E-state index in [1.165, 1.54) is 10.0 Å². The van der Waals surface area contributed by atoms with Crippen molar-refractivity contribution in [2.75, 3.05) is 13.1 Å². The second kappa shape index (κ2) is 6.18. The second-order valence-corrected chi connectivity index (χ2v) is 6.99. The first-order valence-electron chi connectivity index (χ1n) is 6.49. The van der Waals surface area contributed by atoms with Crippen molar-refractivity contribution >= 4 is 15.9 Å². The summed E-state index contributed by atoms with van der Waals surface area (Å²) in [6.07, 6.45) is 0.985. The number of hydrogen-bond acceptors (Lipinski definition) is 2. The Morgan fingerprint density at radius 3 is 2.33 bits per heavy atom. The van der Waals surface area contributed by atoms with Crippen molar-refractivity contribution in [3.05, 3.63) is 34.3 Å². The summed E-state index contributed by atoms with van der Waals surface area (Å²) in [6.45, 7) is 10.6. The van der Waals surface area contributed by atoms with Crippen LogP contribution in [0.1, 0.15) is 39.7 Å². The summed E-state index contributed by atoms with van der Waals surface area (Å²) in [5, 5.41) is 3.63. The highest BCUT2D eigenvalue weighted by Crippen LogP contribution is 2.29. The van der Waals surface area contributed by atoms with Crippen molar-refractivity contribution in [1.29, 1.82) is 0 Å². The van der Waals surface area contributed by atoms with E-state index in [1.807, 2.05) is 0 Å². The Kier molecular flexibility index (Phi) is 5.38. The van der Waals surface area contributed by atoms with Gasteiger partial charge in [0.1, 0.15) is 0 Å². The average Bonchev–Trinajstić information content (AvgIpc) is 2.27. The number of nitrogens with one attached hydrogen (secondary N) is 1. The minimum absolute atomic E-state index is 0.0892. The molecule has 1 rings (SSSR count). The second-order valence-electron chi connectivity index (χ2n) is 6.14. The molecular weight excluding hydrogens is 288 g/mol. The lowest BCUT2D eigenvalue weighted by molar-refractivity contribution is 0.325. The van der Waals surface area contributed by atoms with Crippen LogP contribution in [0.4, 0.5) is 0 Å². The Labute approximate surface area is 119 Å². The van der Waals surface area contributed by atoms with Crippen LogP contribution < -0.4 is 11.1 Å². The third-order valence-electron chi connectivity index (χ3n) is 3.38. The summed E-state index contributed by atoms with van der Waals surface area (Å²) in [4.78, 5) is 0. The van der Waals surface area contributed by atoms with Gasteiger partial charge in [-0.3, -0.25) is 0 Å². The Morgan fingerprint density at radius 1 is 1.17 bits per heavy atom. The van der Waals surface area contributed by atoms with Gasteiger partial charge in [-0.15, -0.1) is 0 Å². The third-order valence-corrected chi connectivity index (χ3v) is 4.07. The zero-order valence-electron chi connectivity index (χ0n) is 11.9. The van der Waals surface area contributed by atoms with E-state index < -0.39 is 0 Å². The standard InChI is InChI=1S/C15H25BrN2/c1-14(2,11-18-15(3,4)9-10-17)12-7-5-6-8-13(12)16/h5-8,18H,9-11,17H2,1-4H3. The predicted octanol–water partition coefficient (Wildman–Crippen LogP) is 3.44. The molecule has 0 aliphatic carbocycles. The molecule has 0 bridgehead atoms. The van der Waals surface area contributed by atoms with Crippen LogP contribution in [0.15, 0.2) is 28.7 Å². The van der Waals surface area contributed by atoms with E-state index in [2.05, 4.69) is 73.2 Å². The Bertz CT molecular complexity index is 386. The lowest BCUT2D eigenvalue weighted by Crippen LogP contribution is -2.46. The van der Waals surface area contributed by atoms with E-state index in [4.69, 9.17) is 5.73 Å². The van der Waals surface area contributed by atoms with Gasteiger partial charge in [-0.1, -0.05) is 48.0 Å². The van der Waals surface area contributed by atoms with Crippen LogP contribution in [-0.2, 0) is 5.41 Å². The monoisotopic (exact) mass is 312 g/mol. The quantitative estimate of drug-likeness (QED) is 0.844. The molecule has 0 aliphatic rings. The summed E-state index contributed by atoms with van der Waals surface area (Å²) in [5.74, 6) is 0. The molecule has 18 heavy (non-hydrogen) atoms. The highest BCUT2D eigenvalue weighted by molar-refractivity contribution is 9.10. The Balaban J connectivity index is 2.74. The molecule has 0 amide bonds. The van der Waals surface area contributed by atoms with Gasteiger partial charge in [0.25, 0.3) is 0 Å². The number of nitrogens with two attached hydrogens (primary N) is 1. The minimum atomic E-state index is 0.0892. The van der Waals surface area contributed by atoms with Crippen LogP contribution in [0.5, 0.6) is 0 Å². The zero-order chi connectivity index (χ0) is 13.8. The number of hydrogen-bond donors (Lipinski definition) is 2. The van der Waals surface area contributed by atoms with Crippen molar-refractivity contribution in [2.24, 2.45) is 5.73 Å². The fourth-order valence-electron chi connectivity index (χ4n) is 2.01. The van der Waals surface area contributed by atoms with E-state index in [-0.39, 0.29) is 11.0 Å². The zero-order valence-corrected chi connectivity index (χ0v) is 13.5. The summed E-state index contributed by atoms with van der Waals surface area (Å²) in [7, 11) is 0. The van der Waals surface area contributed by atoms with Crippen LogP contribution in [0.3, 0.4) is 0 Å². The molecule has 0 aromatic heterocycles. The minimum Gasteiger partial charge on any atom is -0.330 e. The fourth-order valence-corrected chi connectivity index (χ4v) is 2.84. The number of rotatable bonds is 6. The Morgan fingerprint density at radius 2 is 1.78 bits per heavy atom. The van der Waals surface area contributed by atoms with Gasteiger partial charge in [0.2, 0.25) is 0 Å². The molecule has 3 N–H and O–H groups in total. The van der Waals surface area contributed by atoms with Gasteiger partial charge >= 0.3 is 0 Å². The molecule has 0 fully saturated rings. The van der Waals surface area contributed by atoms with Crippen molar-refractivity contribution in [2.45, 2.75) is 45.1 Å². The fraction of sp³-hybridized carbons (Fsp3) is 0.600. The third kappa shape index (κ3) is 4.38. The van der Waals surface area contributed by atoms with Crippen LogP contribution in [0.25, 0.3) is 0 Å². The molecule has 102 valence electrons. The molecule has 0 saturated heterocycles. The van der Waals surface area contributed by atoms with E-state index in [0.29, 0.717) is 0 Å². The Hall–Kier alpha value is -0.380. The van der Waals surface area contributed by atoms with Gasteiger partial charge in [0.05, 0.1) is 0 Å². The van der Waals surface area contributed by atoms with Crippen molar-refractivity contribution in [3.63, 3.8) is 0 Å². The summed E-state index contributed by atoms with van der Waals surface area (Å²) in [5.41, 5.74) is 7.16. The summed E-state index contributed by atoms with van der Waals surface area (Å²) in [6, 6.07) is 8.42. The molecule has 1 aromatic rings. The van der Waals surface area contributed by atoms with Crippen molar-refractivity contribution < 1.29 is 0 Å². The van der Waals surface area contributed by atoms with E-state index in [0.717, 1.165) is 19.5 Å². The number of benzene rings is 1. The number of halogens is 1. The van der Waals surface area contributed by atoms with E-state index >= 15 is 0 Å². The van der Waals surface area contributed by atoms with Crippen LogP contribution in [0.2, 0.25) is 0 Å². The molecule has 2 nitrogen and oxygen atoms in total. The molecule has 0 unspecified atom stereocenters. The topological polar surface area (TPSA) is 38.0 Å². The lowest BCUT2D eigenvalue weighted by Gasteiger charge is -2.33. The molecule has 0 aliphatic heterocycles. The first-order chi connectivity index (χ1) is 8.28. The molecule has 0 saturated carbocycles. The predicted molar refractivity (Wildman–Crippen MR) is 82.9 cm³/mol. The molecule has 0 heterocycles. The van der Waals surface area contributed by atoms with Crippen molar-refractivity contribution in [1.82, 2.24) is 5.32 Å². The maximum Gasteiger partial charge on any atom is 0.0213 e. The van der Waals surface area contributed by atoms with Gasteiger partial charge in [-0.25, -0.2) is 0 Å². The highest BCUT2D eigenvalue weighted by Gasteiger charge is 2.26. The van der Waals surface area contributed by atoms with Gasteiger partial charge in [-0.2, -0.15) is 0 Å². The summed E-state index contributed by atoms with van der Waals surface area (Å²) >= 11 is 3.64. The molecule has 0 radical (unpaired) electrons. The van der Waals surface area contributed by atoms with E-state index in [1.54, 1.807) is 0 Å². The smallest absolute Gasteiger partial charge is 0.0213 e. The van der Waals surface area contributed by atoms with Crippen LogP contribution in [0, 0.1) is 0 Å². The lowest BCUT2D eigenvalue weighted by atomic mass is 9.83. The van der Waals surface area contributed by atoms with Gasteiger partial charge in [0.15, 0.2) is 0 Å². The van der Waals surface area contributed by atoms with Crippen LogP contribution >= 0.6 is 15.9 Å². The van der Waals surface area contributed by atoms with Crippen LogP contribution in [-0.4, -0.2) is 18.6 Å². The molecule has 0 spiro atoms. The maximum atomic E-state index is 5.64. The van der Waals surface area contributed by atoms with Gasteiger partial charge < -0.3 is 11.1 Å². The SMILES string of the molecule is CC(C)(CCN)NCC(C)(C)c1ccccc1Br.